The first kappa shape index (κ1) is 21.1. The van der Waals surface area contributed by atoms with Gasteiger partial charge in [0.1, 0.15) is 5.60 Å². The van der Waals surface area contributed by atoms with Gasteiger partial charge in [0.05, 0.1) is 5.92 Å². The second-order valence-electron chi connectivity index (χ2n) is 7.74. The number of rotatable bonds is 6. The Balaban J connectivity index is 1.82. The predicted molar refractivity (Wildman–Crippen MR) is 116 cm³/mol. The third-order valence-electron chi connectivity index (χ3n) is 5.22. The largest absolute Gasteiger partial charge is 0.453 e. The third kappa shape index (κ3) is 4.54. The van der Waals surface area contributed by atoms with E-state index in [1.54, 1.807) is 6.92 Å². The molecule has 4 nitrogen and oxygen atoms in total. The first-order chi connectivity index (χ1) is 13.7. The number of benzene rings is 3. The van der Waals surface area contributed by atoms with Crippen LogP contribution in [0.5, 0.6) is 0 Å². The molecule has 0 bridgehead atoms. The highest BCUT2D eigenvalue weighted by molar-refractivity contribution is 6.37. The quantitative estimate of drug-likeness (QED) is 0.367. The Kier molecular flexibility index (Phi) is 6.13. The number of hydrogen-bond acceptors (Lipinski definition) is 4. The van der Waals surface area contributed by atoms with Crippen LogP contribution in [0.15, 0.2) is 48.5 Å². The fourth-order valence-electron chi connectivity index (χ4n) is 3.25. The van der Waals surface area contributed by atoms with Crippen LogP contribution in [0.25, 0.3) is 21.5 Å². The van der Waals surface area contributed by atoms with Crippen LogP contribution in [0.4, 0.5) is 0 Å². The van der Waals surface area contributed by atoms with Gasteiger partial charge < -0.3 is 9.47 Å². The number of fused-ring (bicyclic) bond motifs is 3. The topological polar surface area (TPSA) is 52.6 Å². The molecule has 29 heavy (non-hydrogen) atoms. The minimum atomic E-state index is -0.883. The molecule has 0 N–H and O–H groups in total. The molecule has 0 saturated carbocycles. The summed E-state index contributed by atoms with van der Waals surface area (Å²) >= 11 is 6.46. The Bertz CT molecular complexity index is 1070. The molecular formula is C24H25ClO4. The molecule has 0 radical (unpaired) electrons. The maximum Gasteiger partial charge on any atom is 0.345 e. The molecule has 0 aromatic heterocycles. The van der Waals surface area contributed by atoms with E-state index in [0.717, 1.165) is 27.1 Å². The van der Waals surface area contributed by atoms with Crippen molar-refractivity contribution >= 4 is 45.1 Å². The SMILES string of the molecule is CCC(C)C(=O)OCC(=O)OC(C)(C)c1ccc2c(c1)cc(Cl)c1ccccc12. The minimum Gasteiger partial charge on any atom is -0.453 e. The Morgan fingerprint density at radius 3 is 2.41 bits per heavy atom. The van der Waals surface area contributed by atoms with Crippen molar-refractivity contribution in [1.82, 2.24) is 0 Å². The van der Waals surface area contributed by atoms with E-state index in [1.165, 1.54) is 0 Å². The van der Waals surface area contributed by atoms with Gasteiger partial charge in [-0.3, -0.25) is 4.79 Å². The zero-order valence-electron chi connectivity index (χ0n) is 17.1. The Morgan fingerprint density at radius 1 is 1.03 bits per heavy atom. The van der Waals surface area contributed by atoms with Crippen LogP contribution in [0.2, 0.25) is 5.02 Å². The van der Waals surface area contributed by atoms with Crippen LogP contribution in [0.3, 0.4) is 0 Å². The monoisotopic (exact) mass is 412 g/mol. The summed E-state index contributed by atoms with van der Waals surface area (Å²) in [4.78, 5) is 24.0. The second kappa shape index (κ2) is 8.42. The molecule has 1 unspecified atom stereocenters. The third-order valence-corrected chi connectivity index (χ3v) is 5.53. The molecule has 0 aliphatic rings. The maximum absolute atomic E-state index is 12.2. The first-order valence-corrected chi connectivity index (χ1v) is 10.1. The molecule has 0 aliphatic heterocycles. The van der Waals surface area contributed by atoms with Gasteiger partial charge >= 0.3 is 11.9 Å². The molecule has 0 amide bonds. The zero-order chi connectivity index (χ0) is 21.2. The predicted octanol–water partition coefficient (Wildman–Crippen LogP) is 6.01. The van der Waals surface area contributed by atoms with E-state index in [0.29, 0.717) is 11.4 Å². The summed E-state index contributed by atoms with van der Waals surface area (Å²) in [5.41, 5.74) is -0.0513. The Morgan fingerprint density at radius 2 is 1.72 bits per heavy atom. The number of ether oxygens (including phenoxy) is 2. The van der Waals surface area contributed by atoms with Gasteiger partial charge in [0, 0.05) is 10.4 Å². The molecule has 0 fully saturated rings. The van der Waals surface area contributed by atoms with Crippen molar-refractivity contribution in [3.63, 3.8) is 0 Å². The van der Waals surface area contributed by atoms with E-state index in [4.69, 9.17) is 21.1 Å². The van der Waals surface area contributed by atoms with Gasteiger partial charge in [0.2, 0.25) is 0 Å². The van der Waals surface area contributed by atoms with Crippen molar-refractivity contribution in [3.05, 3.63) is 59.1 Å². The number of hydrogen-bond donors (Lipinski definition) is 0. The van der Waals surface area contributed by atoms with Crippen LogP contribution in [-0.2, 0) is 24.7 Å². The summed E-state index contributed by atoms with van der Waals surface area (Å²) in [5, 5.41) is 4.81. The summed E-state index contributed by atoms with van der Waals surface area (Å²) in [5.74, 6) is -1.21. The highest BCUT2D eigenvalue weighted by Gasteiger charge is 2.27. The van der Waals surface area contributed by atoms with Gasteiger partial charge in [-0.1, -0.05) is 61.8 Å². The molecule has 1 atom stereocenters. The van der Waals surface area contributed by atoms with Gasteiger partial charge in [0.25, 0.3) is 0 Å². The van der Waals surface area contributed by atoms with Crippen LogP contribution < -0.4 is 0 Å². The van der Waals surface area contributed by atoms with Crippen molar-refractivity contribution in [1.29, 1.82) is 0 Å². The lowest BCUT2D eigenvalue weighted by Crippen LogP contribution is -2.29. The van der Waals surface area contributed by atoms with Gasteiger partial charge in [-0.15, -0.1) is 0 Å². The van der Waals surface area contributed by atoms with Crippen molar-refractivity contribution in [3.8, 4) is 0 Å². The minimum absolute atomic E-state index is 0.240. The fourth-order valence-corrected chi connectivity index (χ4v) is 3.54. The lowest BCUT2D eigenvalue weighted by atomic mass is 9.93. The van der Waals surface area contributed by atoms with Crippen LogP contribution in [0, 0.1) is 5.92 Å². The zero-order valence-corrected chi connectivity index (χ0v) is 17.9. The van der Waals surface area contributed by atoms with E-state index >= 15 is 0 Å². The molecule has 3 rings (SSSR count). The van der Waals surface area contributed by atoms with Crippen molar-refractivity contribution in [2.75, 3.05) is 6.61 Å². The molecule has 0 spiro atoms. The highest BCUT2D eigenvalue weighted by atomic mass is 35.5. The summed E-state index contributed by atoms with van der Waals surface area (Å²) < 4.78 is 10.6. The molecular weight excluding hydrogens is 388 g/mol. The van der Waals surface area contributed by atoms with Crippen LogP contribution in [0.1, 0.15) is 39.7 Å². The smallest absolute Gasteiger partial charge is 0.345 e. The van der Waals surface area contributed by atoms with Gasteiger partial charge in [-0.2, -0.15) is 0 Å². The van der Waals surface area contributed by atoms with Gasteiger partial charge in [0.15, 0.2) is 6.61 Å². The highest BCUT2D eigenvalue weighted by Crippen LogP contribution is 2.34. The standard InChI is InChI=1S/C24H25ClO4/c1-5-15(2)23(27)28-14-22(26)29-24(3,4)17-10-11-18-16(12-17)13-21(25)20-9-7-6-8-19(18)20/h6-13,15H,5,14H2,1-4H3. The summed E-state index contributed by atoms with van der Waals surface area (Å²) in [6.07, 6.45) is 0.660. The van der Waals surface area contributed by atoms with Crippen LogP contribution in [-0.4, -0.2) is 18.5 Å². The summed E-state index contributed by atoms with van der Waals surface area (Å²) in [7, 11) is 0. The van der Waals surface area contributed by atoms with E-state index in [9.17, 15) is 9.59 Å². The summed E-state index contributed by atoms with van der Waals surface area (Å²) in [6.45, 7) is 6.89. The van der Waals surface area contributed by atoms with E-state index in [1.807, 2.05) is 69.3 Å². The molecule has 3 aromatic rings. The maximum atomic E-state index is 12.2. The number of esters is 2. The number of carbonyl (C=O) groups is 2. The van der Waals surface area contributed by atoms with E-state index < -0.39 is 24.1 Å². The number of halogens is 1. The fraction of sp³-hybridized carbons (Fsp3) is 0.333. The van der Waals surface area contributed by atoms with Gasteiger partial charge in [-0.05, 0) is 54.1 Å². The average molecular weight is 413 g/mol. The van der Waals surface area contributed by atoms with Crippen LogP contribution >= 0.6 is 11.6 Å². The second-order valence-corrected chi connectivity index (χ2v) is 8.15. The summed E-state index contributed by atoms with van der Waals surface area (Å²) in [6, 6.07) is 15.9. The van der Waals surface area contributed by atoms with Crippen molar-refractivity contribution < 1.29 is 19.1 Å². The van der Waals surface area contributed by atoms with Crippen molar-refractivity contribution in [2.24, 2.45) is 5.92 Å². The lowest BCUT2D eigenvalue weighted by molar-refractivity contribution is -0.169. The molecule has 3 aromatic carbocycles. The molecule has 0 aliphatic carbocycles. The molecule has 152 valence electrons. The average Bonchev–Trinajstić information content (AvgIpc) is 2.70. The molecule has 5 heteroatoms. The lowest BCUT2D eigenvalue weighted by Gasteiger charge is -2.26. The molecule has 0 heterocycles. The Labute approximate surface area is 175 Å². The molecule has 0 saturated heterocycles. The normalized spacial score (nSPS) is 12.7. The van der Waals surface area contributed by atoms with E-state index in [-0.39, 0.29) is 5.92 Å². The Hall–Kier alpha value is -2.59. The van der Waals surface area contributed by atoms with E-state index in [2.05, 4.69) is 0 Å². The first-order valence-electron chi connectivity index (χ1n) is 9.73. The van der Waals surface area contributed by atoms with Crippen molar-refractivity contribution in [2.45, 2.75) is 39.7 Å². The number of carbonyl (C=O) groups excluding carboxylic acids is 2. The van der Waals surface area contributed by atoms with Gasteiger partial charge in [-0.25, -0.2) is 4.79 Å².